The number of thiazole rings is 1. The highest BCUT2D eigenvalue weighted by atomic mass is 32.2. The van der Waals surface area contributed by atoms with Crippen LogP contribution in [0.3, 0.4) is 0 Å². The fourth-order valence-corrected chi connectivity index (χ4v) is 5.46. The van der Waals surface area contributed by atoms with Crippen molar-refractivity contribution in [2.75, 3.05) is 18.8 Å². The number of hydrogen-bond acceptors (Lipinski definition) is 7. The van der Waals surface area contributed by atoms with E-state index in [0.717, 1.165) is 54.5 Å². The van der Waals surface area contributed by atoms with Gasteiger partial charge in [-0.2, -0.15) is 0 Å². The van der Waals surface area contributed by atoms with Crippen LogP contribution >= 0.6 is 23.1 Å². The second-order valence-corrected chi connectivity index (χ2v) is 9.13. The summed E-state index contributed by atoms with van der Waals surface area (Å²) < 4.78 is 3.08. The van der Waals surface area contributed by atoms with Crippen LogP contribution < -0.4 is 0 Å². The molecule has 1 saturated carbocycles. The van der Waals surface area contributed by atoms with Crippen molar-refractivity contribution in [1.29, 1.82) is 0 Å². The number of likely N-dealkylation sites (tertiary alicyclic amines) is 1. The molecule has 140 valence electrons. The molecule has 3 aromatic rings. The minimum Gasteiger partial charge on any atom is -0.341 e. The smallest absolute Gasteiger partial charge is 0.233 e. The highest BCUT2D eigenvalue weighted by molar-refractivity contribution is 7.99. The number of aromatic nitrogens is 5. The van der Waals surface area contributed by atoms with Crippen molar-refractivity contribution >= 4 is 39.2 Å². The predicted octanol–water partition coefficient (Wildman–Crippen LogP) is 3.12. The third-order valence-electron chi connectivity index (χ3n) is 5.11. The molecule has 0 bridgehead atoms. The molecule has 1 atom stereocenters. The van der Waals surface area contributed by atoms with E-state index in [1.165, 1.54) is 16.5 Å². The fourth-order valence-electron chi connectivity index (χ4n) is 3.52. The number of benzene rings is 1. The number of piperidine rings is 1. The lowest BCUT2D eigenvalue weighted by atomic mass is 9.99. The molecule has 1 aliphatic heterocycles. The Morgan fingerprint density at radius 2 is 2.15 bits per heavy atom. The molecule has 1 aromatic carbocycles. The maximum atomic E-state index is 12.7. The quantitative estimate of drug-likeness (QED) is 0.613. The van der Waals surface area contributed by atoms with Crippen LogP contribution in [0, 0.1) is 0 Å². The molecule has 1 saturated heterocycles. The molecule has 2 aliphatic rings. The van der Waals surface area contributed by atoms with E-state index < -0.39 is 0 Å². The molecular weight excluding hydrogens is 380 g/mol. The van der Waals surface area contributed by atoms with Crippen LogP contribution in [-0.2, 0) is 4.79 Å². The molecule has 3 heterocycles. The molecular formula is C18H20N6OS2. The van der Waals surface area contributed by atoms with E-state index in [1.54, 1.807) is 11.3 Å². The van der Waals surface area contributed by atoms with Gasteiger partial charge in [-0.25, -0.2) is 9.67 Å². The molecule has 5 rings (SSSR count). The summed E-state index contributed by atoms with van der Waals surface area (Å²) in [5.41, 5.74) is 1.06. The van der Waals surface area contributed by atoms with Crippen LogP contribution in [0.15, 0.2) is 29.4 Å². The lowest BCUT2D eigenvalue weighted by molar-refractivity contribution is -0.129. The average Bonchev–Trinajstić information content (AvgIpc) is 3.28. The molecule has 1 amide bonds. The summed E-state index contributed by atoms with van der Waals surface area (Å²) in [6.45, 7) is 1.58. The van der Waals surface area contributed by atoms with Crippen LogP contribution in [0.4, 0.5) is 0 Å². The highest BCUT2D eigenvalue weighted by Crippen LogP contribution is 2.37. The number of rotatable bonds is 5. The molecule has 0 unspecified atom stereocenters. The first-order valence-electron chi connectivity index (χ1n) is 9.32. The number of carbonyl (C=O) groups is 1. The average molecular weight is 401 g/mol. The van der Waals surface area contributed by atoms with Crippen molar-refractivity contribution < 1.29 is 4.79 Å². The normalized spacial score (nSPS) is 20.3. The predicted molar refractivity (Wildman–Crippen MR) is 105 cm³/mol. The van der Waals surface area contributed by atoms with Gasteiger partial charge in [-0.1, -0.05) is 23.9 Å². The van der Waals surface area contributed by atoms with E-state index in [9.17, 15) is 4.79 Å². The molecule has 0 N–H and O–H groups in total. The van der Waals surface area contributed by atoms with E-state index in [4.69, 9.17) is 4.98 Å². The van der Waals surface area contributed by atoms with Crippen LogP contribution in [-0.4, -0.2) is 54.8 Å². The number of thioether (sulfide) groups is 1. The maximum Gasteiger partial charge on any atom is 0.233 e. The molecule has 0 radical (unpaired) electrons. The SMILES string of the molecule is O=C(CSc1nnnn1C1CC1)N1CCC[C@@H](c2nc3ccccc3s2)C1. The number of amides is 1. The summed E-state index contributed by atoms with van der Waals surface area (Å²) in [6, 6.07) is 8.67. The zero-order valence-corrected chi connectivity index (χ0v) is 16.5. The lowest BCUT2D eigenvalue weighted by Crippen LogP contribution is -2.40. The first kappa shape index (κ1) is 17.1. The molecule has 27 heavy (non-hydrogen) atoms. The summed E-state index contributed by atoms with van der Waals surface area (Å²) in [5.74, 6) is 0.887. The van der Waals surface area contributed by atoms with Crippen molar-refractivity contribution in [2.45, 2.75) is 42.8 Å². The van der Waals surface area contributed by atoms with Gasteiger partial charge in [-0.15, -0.1) is 16.4 Å². The van der Waals surface area contributed by atoms with E-state index in [2.05, 4.69) is 27.7 Å². The third kappa shape index (κ3) is 3.58. The zero-order chi connectivity index (χ0) is 18.2. The summed E-state index contributed by atoms with van der Waals surface area (Å²) in [5, 5.41) is 13.8. The second-order valence-electron chi connectivity index (χ2n) is 7.12. The Hall–Kier alpha value is -2.00. The van der Waals surface area contributed by atoms with Gasteiger partial charge in [0.25, 0.3) is 0 Å². The Bertz CT molecular complexity index is 933. The minimum absolute atomic E-state index is 0.163. The minimum atomic E-state index is 0.163. The van der Waals surface area contributed by atoms with Crippen LogP contribution in [0.25, 0.3) is 10.2 Å². The standard InChI is InChI=1S/C18H20N6OS2/c25-16(11-26-18-20-21-22-24(18)13-7-8-13)23-9-3-4-12(10-23)17-19-14-5-1-2-6-15(14)27-17/h1-2,5-6,12-13H,3-4,7-11H2/t12-/m1/s1. The topological polar surface area (TPSA) is 76.8 Å². The number of para-hydroxylation sites is 1. The second kappa shape index (κ2) is 7.20. The first-order chi connectivity index (χ1) is 13.3. The molecule has 0 spiro atoms. The van der Waals surface area contributed by atoms with Crippen LogP contribution in [0.1, 0.15) is 42.7 Å². The van der Waals surface area contributed by atoms with Crippen molar-refractivity contribution in [1.82, 2.24) is 30.1 Å². The molecule has 2 aromatic heterocycles. The van der Waals surface area contributed by atoms with Crippen LogP contribution in [0.5, 0.6) is 0 Å². The monoisotopic (exact) mass is 400 g/mol. The number of hydrogen-bond donors (Lipinski definition) is 0. The van der Waals surface area contributed by atoms with Gasteiger partial charge in [-0.05, 0) is 48.2 Å². The van der Waals surface area contributed by atoms with Gasteiger partial charge in [-0.3, -0.25) is 4.79 Å². The van der Waals surface area contributed by atoms with Crippen molar-refractivity contribution in [3.05, 3.63) is 29.3 Å². The van der Waals surface area contributed by atoms with Gasteiger partial charge in [0.15, 0.2) is 0 Å². The van der Waals surface area contributed by atoms with E-state index in [1.807, 2.05) is 21.7 Å². The van der Waals surface area contributed by atoms with Crippen molar-refractivity contribution in [3.63, 3.8) is 0 Å². The molecule has 1 aliphatic carbocycles. The largest absolute Gasteiger partial charge is 0.341 e. The van der Waals surface area contributed by atoms with E-state index in [-0.39, 0.29) is 5.91 Å². The van der Waals surface area contributed by atoms with Crippen molar-refractivity contribution in [3.8, 4) is 0 Å². The van der Waals surface area contributed by atoms with Gasteiger partial charge in [0.05, 0.1) is 27.0 Å². The lowest BCUT2D eigenvalue weighted by Gasteiger charge is -2.31. The first-order valence-corrected chi connectivity index (χ1v) is 11.1. The van der Waals surface area contributed by atoms with E-state index >= 15 is 0 Å². The van der Waals surface area contributed by atoms with Gasteiger partial charge in [0, 0.05) is 19.0 Å². The fraction of sp³-hybridized carbons (Fsp3) is 0.500. The Morgan fingerprint density at radius 1 is 1.26 bits per heavy atom. The maximum absolute atomic E-state index is 12.7. The Labute approximate surface area is 165 Å². The van der Waals surface area contributed by atoms with Gasteiger partial charge >= 0.3 is 0 Å². The van der Waals surface area contributed by atoms with Gasteiger partial charge in [0.1, 0.15) is 0 Å². The Balaban J connectivity index is 1.23. The zero-order valence-electron chi connectivity index (χ0n) is 14.8. The number of carbonyl (C=O) groups excluding carboxylic acids is 1. The third-order valence-corrected chi connectivity index (χ3v) is 7.23. The highest BCUT2D eigenvalue weighted by Gasteiger charge is 2.30. The van der Waals surface area contributed by atoms with Crippen molar-refractivity contribution in [2.24, 2.45) is 0 Å². The Kier molecular flexibility index (Phi) is 4.56. The molecule has 7 nitrogen and oxygen atoms in total. The number of tetrazole rings is 1. The molecule has 2 fully saturated rings. The van der Waals surface area contributed by atoms with Gasteiger partial charge in [0.2, 0.25) is 11.1 Å². The van der Waals surface area contributed by atoms with Crippen LogP contribution in [0.2, 0.25) is 0 Å². The summed E-state index contributed by atoms with van der Waals surface area (Å²) in [7, 11) is 0. The summed E-state index contributed by atoms with van der Waals surface area (Å²) in [6.07, 6.45) is 4.37. The molecule has 9 heteroatoms. The summed E-state index contributed by atoms with van der Waals surface area (Å²) >= 11 is 3.20. The number of nitrogens with zero attached hydrogens (tertiary/aromatic N) is 6. The van der Waals surface area contributed by atoms with Gasteiger partial charge < -0.3 is 4.90 Å². The van der Waals surface area contributed by atoms with E-state index in [0.29, 0.717) is 17.7 Å². The number of fused-ring (bicyclic) bond motifs is 1. The Morgan fingerprint density at radius 3 is 3.00 bits per heavy atom. The summed E-state index contributed by atoms with van der Waals surface area (Å²) in [4.78, 5) is 19.5.